The van der Waals surface area contributed by atoms with Crippen molar-refractivity contribution in [3.8, 4) is 0 Å². The molecule has 0 bridgehead atoms. The summed E-state index contributed by atoms with van der Waals surface area (Å²) in [6.45, 7) is 4.91. The molecule has 1 aliphatic heterocycles. The first-order valence-corrected chi connectivity index (χ1v) is 8.73. The van der Waals surface area contributed by atoms with Gasteiger partial charge in [-0.2, -0.15) is 0 Å². The second-order valence-corrected chi connectivity index (χ2v) is 6.74. The van der Waals surface area contributed by atoms with Gasteiger partial charge in [-0.15, -0.1) is 24.0 Å². The van der Waals surface area contributed by atoms with Crippen LogP contribution in [0.25, 0.3) is 0 Å². The van der Waals surface area contributed by atoms with Crippen LogP contribution in [-0.4, -0.2) is 62.4 Å². The molecule has 1 fully saturated rings. The van der Waals surface area contributed by atoms with Crippen LogP contribution in [0.1, 0.15) is 31.2 Å². The van der Waals surface area contributed by atoms with Crippen molar-refractivity contribution in [1.29, 1.82) is 0 Å². The van der Waals surface area contributed by atoms with E-state index in [0.717, 1.165) is 25.5 Å². The number of hydrogen-bond donors (Lipinski definition) is 1. The van der Waals surface area contributed by atoms with Crippen LogP contribution in [0.3, 0.4) is 0 Å². The van der Waals surface area contributed by atoms with E-state index in [9.17, 15) is 4.79 Å². The first-order valence-electron chi connectivity index (χ1n) is 8.73. The van der Waals surface area contributed by atoms with Crippen LogP contribution in [0.4, 0.5) is 0 Å². The summed E-state index contributed by atoms with van der Waals surface area (Å²) >= 11 is 0. The highest BCUT2D eigenvalue weighted by molar-refractivity contribution is 14.0. The molecule has 0 saturated carbocycles. The predicted molar refractivity (Wildman–Crippen MR) is 115 cm³/mol. The summed E-state index contributed by atoms with van der Waals surface area (Å²) in [7, 11) is 5.38. The molecular formula is C19H31IN4O. The molecule has 1 heterocycles. The van der Waals surface area contributed by atoms with Gasteiger partial charge in [0, 0.05) is 47.2 Å². The average Bonchev–Trinajstić information content (AvgIpc) is 2.59. The first-order chi connectivity index (χ1) is 11.5. The first kappa shape index (κ1) is 21.7. The Morgan fingerprint density at radius 2 is 2.00 bits per heavy atom. The molecule has 140 valence electrons. The van der Waals surface area contributed by atoms with Crippen molar-refractivity contribution in [1.82, 2.24) is 15.1 Å². The van der Waals surface area contributed by atoms with Crippen LogP contribution in [-0.2, 0) is 4.79 Å². The number of benzene rings is 1. The lowest BCUT2D eigenvalue weighted by Gasteiger charge is -2.39. The van der Waals surface area contributed by atoms with Crippen molar-refractivity contribution in [3.05, 3.63) is 35.9 Å². The lowest BCUT2D eigenvalue weighted by atomic mass is 9.82. The number of aliphatic imine (C=N–C) groups is 1. The zero-order chi connectivity index (χ0) is 17.5. The largest absolute Gasteiger partial charge is 0.356 e. The molecule has 2 atom stereocenters. The summed E-state index contributed by atoms with van der Waals surface area (Å²) in [6, 6.07) is 10.8. The Bertz CT molecular complexity index is 562. The van der Waals surface area contributed by atoms with Crippen LogP contribution in [0.5, 0.6) is 0 Å². The molecule has 1 aliphatic rings. The van der Waals surface area contributed by atoms with E-state index in [1.54, 1.807) is 19.0 Å². The number of nitrogens with zero attached hydrogens (tertiary/aromatic N) is 3. The molecule has 1 N–H and O–H groups in total. The molecule has 5 nitrogen and oxygen atoms in total. The summed E-state index contributed by atoms with van der Waals surface area (Å²) in [5.74, 6) is 2.22. The molecule has 1 saturated heterocycles. The molecule has 6 heteroatoms. The smallest absolute Gasteiger partial charge is 0.223 e. The van der Waals surface area contributed by atoms with E-state index in [1.165, 1.54) is 5.56 Å². The number of nitrogens with one attached hydrogen (secondary N) is 1. The minimum Gasteiger partial charge on any atom is -0.356 e. The van der Waals surface area contributed by atoms with Gasteiger partial charge < -0.3 is 15.1 Å². The van der Waals surface area contributed by atoms with Gasteiger partial charge in [0.25, 0.3) is 0 Å². The fourth-order valence-corrected chi connectivity index (χ4v) is 3.37. The van der Waals surface area contributed by atoms with Crippen molar-refractivity contribution < 1.29 is 4.79 Å². The Kier molecular flexibility index (Phi) is 9.24. The molecule has 0 radical (unpaired) electrons. The van der Waals surface area contributed by atoms with E-state index >= 15 is 0 Å². The minimum absolute atomic E-state index is 0. The van der Waals surface area contributed by atoms with Crippen LogP contribution >= 0.6 is 24.0 Å². The van der Waals surface area contributed by atoms with E-state index in [1.807, 2.05) is 7.05 Å². The Hall–Kier alpha value is -1.31. The van der Waals surface area contributed by atoms with Crippen molar-refractivity contribution >= 4 is 35.8 Å². The van der Waals surface area contributed by atoms with Crippen LogP contribution in [0.15, 0.2) is 35.3 Å². The fourth-order valence-electron chi connectivity index (χ4n) is 3.37. The molecule has 1 amide bonds. The maximum absolute atomic E-state index is 11.7. The number of likely N-dealkylation sites (tertiary alicyclic amines) is 1. The second kappa shape index (κ2) is 10.6. The van der Waals surface area contributed by atoms with Crippen molar-refractivity contribution in [2.24, 2.45) is 10.9 Å². The van der Waals surface area contributed by atoms with Gasteiger partial charge in [-0.05, 0) is 23.8 Å². The van der Waals surface area contributed by atoms with Gasteiger partial charge >= 0.3 is 0 Å². The third-order valence-corrected chi connectivity index (χ3v) is 4.77. The third-order valence-electron chi connectivity index (χ3n) is 4.77. The van der Waals surface area contributed by atoms with Crippen LogP contribution in [0.2, 0.25) is 0 Å². The highest BCUT2D eigenvalue weighted by Gasteiger charge is 2.28. The highest BCUT2D eigenvalue weighted by atomic mass is 127. The summed E-state index contributed by atoms with van der Waals surface area (Å²) in [4.78, 5) is 20.0. The Morgan fingerprint density at radius 1 is 1.32 bits per heavy atom. The fraction of sp³-hybridized carbons (Fsp3) is 0.579. The van der Waals surface area contributed by atoms with Gasteiger partial charge in [0.15, 0.2) is 5.96 Å². The Balaban J connectivity index is 0.00000312. The lowest BCUT2D eigenvalue weighted by molar-refractivity contribution is -0.128. The predicted octanol–water partition coefficient (Wildman–Crippen LogP) is 2.78. The van der Waals surface area contributed by atoms with E-state index in [4.69, 9.17) is 0 Å². The maximum Gasteiger partial charge on any atom is 0.223 e. The number of carbonyl (C=O) groups is 1. The Labute approximate surface area is 168 Å². The highest BCUT2D eigenvalue weighted by Crippen LogP contribution is 2.32. The minimum atomic E-state index is 0. The van der Waals surface area contributed by atoms with Gasteiger partial charge in [0.2, 0.25) is 5.91 Å². The van der Waals surface area contributed by atoms with E-state index in [0.29, 0.717) is 24.8 Å². The number of guanidine groups is 1. The topological polar surface area (TPSA) is 47.9 Å². The molecule has 2 rings (SSSR count). The molecular weight excluding hydrogens is 427 g/mol. The van der Waals surface area contributed by atoms with E-state index < -0.39 is 0 Å². The average molecular weight is 458 g/mol. The van der Waals surface area contributed by atoms with Gasteiger partial charge in [-0.1, -0.05) is 37.3 Å². The van der Waals surface area contributed by atoms with E-state index in [-0.39, 0.29) is 29.9 Å². The molecule has 0 aromatic heterocycles. The zero-order valence-corrected chi connectivity index (χ0v) is 18.1. The molecule has 0 aliphatic carbocycles. The monoisotopic (exact) mass is 458 g/mol. The lowest BCUT2D eigenvalue weighted by Crippen LogP contribution is -2.48. The summed E-state index contributed by atoms with van der Waals surface area (Å²) in [5, 5.41) is 3.33. The normalized spacial score (nSPS) is 20.6. The summed E-state index contributed by atoms with van der Waals surface area (Å²) < 4.78 is 0. The summed E-state index contributed by atoms with van der Waals surface area (Å²) in [6.07, 6.45) is 1.62. The van der Waals surface area contributed by atoms with Crippen LogP contribution < -0.4 is 5.32 Å². The number of piperidine rings is 1. The van der Waals surface area contributed by atoms with E-state index in [2.05, 4.69) is 52.5 Å². The van der Waals surface area contributed by atoms with Crippen molar-refractivity contribution in [3.63, 3.8) is 0 Å². The SMILES string of the molecule is CN=C(NCCC(=O)N(C)C)N1CCC(c2ccccc2)C(C)C1.I. The van der Waals surface area contributed by atoms with Crippen molar-refractivity contribution in [2.75, 3.05) is 40.8 Å². The zero-order valence-electron chi connectivity index (χ0n) is 15.7. The number of carbonyl (C=O) groups excluding carboxylic acids is 1. The molecule has 25 heavy (non-hydrogen) atoms. The molecule has 0 spiro atoms. The number of halogens is 1. The molecule has 1 aromatic rings. The number of hydrogen-bond acceptors (Lipinski definition) is 2. The van der Waals surface area contributed by atoms with Gasteiger partial charge in [0.1, 0.15) is 0 Å². The van der Waals surface area contributed by atoms with Gasteiger partial charge in [-0.25, -0.2) is 0 Å². The summed E-state index contributed by atoms with van der Waals surface area (Å²) in [5.41, 5.74) is 1.43. The molecule has 2 unspecified atom stereocenters. The van der Waals surface area contributed by atoms with Crippen LogP contribution in [0, 0.1) is 5.92 Å². The number of amides is 1. The Morgan fingerprint density at radius 3 is 2.56 bits per heavy atom. The quantitative estimate of drug-likeness (QED) is 0.429. The van der Waals surface area contributed by atoms with Gasteiger partial charge in [0.05, 0.1) is 0 Å². The van der Waals surface area contributed by atoms with Gasteiger partial charge in [-0.3, -0.25) is 9.79 Å². The third kappa shape index (κ3) is 6.17. The second-order valence-electron chi connectivity index (χ2n) is 6.74. The number of rotatable bonds is 4. The maximum atomic E-state index is 11.7. The van der Waals surface area contributed by atoms with Crippen molar-refractivity contribution in [2.45, 2.75) is 25.7 Å². The standard InChI is InChI=1S/C19H30N4O.HI/c1-15-14-23(13-11-17(15)16-8-6-5-7-9-16)19(20-2)21-12-10-18(24)22(3)4;/h5-9,15,17H,10-14H2,1-4H3,(H,20,21);1H. The molecule has 1 aromatic carbocycles.